The number of amides is 1. The monoisotopic (exact) mass is 301 g/mol. The van der Waals surface area contributed by atoms with E-state index in [1.165, 1.54) is 18.2 Å². The van der Waals surface area contributed by atoms with Gasteiger partial charge in [-0.05, 0) is 42.7 Å². The zero-order valence-corrected chi connectivity index (χ0v) is 12.1. The molecule has 0 heterocycles. The molecule has 1 aliphatic rings. The van der Waals surface area contributed by atoms with Crippen molar-refractivity contribution in [2.24, 2.45) is 0 Å². The Morgan fingerprint density at radius 1 is 0.955 bits per heavy atom. The van der Waals surface area contributed by atoms with Gasteiger partial charge in [0.2, 0.25) is 5.91 Å². The van der Waals surface area contributed by atoms with Crippen LogP contribution in [0.25, 0.3) is 0 Å². The summed E-state index contributed by atoms with van der Waals surface area (Å²) in [4.78, 5) is 12.8. The van der Waals surface area contributed by atoms with Crippen molar-refractivity contribution in [1.29, 1.82) is 0 Å². The molecule has 0 spiro atoms. The molecule has 2 aromatic rings. The first-order chi connectivity index (χ1) is 10.6. The van der Waals surface area contributed by atoms with Crippen LogP contribution in [-0.2, 0) is 10.2 Å². The van der Waals surface area contributed by atoms with Crippen molar-refractivity contribution in [1.82, 2.24) is 0 Å². The number of para-hydroxylation sites is 1. The van der Waals surface area contributed by atoms with Crippen LogP contribution < -0.4 is 5.32 Å². The summed E-state index contributed by atoms with van der Waals surface area (Å²) in [5.74, 6) is -1.00. The molecule has 2 aromatic carbocycles. The average molecular weight is 301 g/mol. The van der Waals surface area contributed by atoms with E-state index >= 15 is 0 Å². The van der Waals surface area contributed by atoms with Crippen molar-refractivity contribution in [3.63, 3.8) is 0 Å². The lowest BCUT2D eigenvalue weighted by molar-refractivity contribution is -0.121. The smallest absolute Gasteiger partial charge is 0.235 e. The fourth-order valence-electron chi connectivity index (χ4n) is 3.20. The van der Waals surface area contributed by atoms with Crippen LogP contribution in [0, 0.1) is 11.6 Å². The van der Waals surface area contributed by atoms with Gasteiger partial charge in [0.1, 0.15) is 11.6 Å². The van der Waals surface area contributed by atoms with E-state index in [9.17, 15) is 13.6 Å². The highest BCUT2D eigenvalue weighted by atomic mass is 19.1. The minimum absolute atomic E-state index is 0.181. The molecule has 114 valence electrons. The standard InChI is InChI=1S/C18H17F2NO/c19-14-9-7-13(8-10-14)18(11-3-4-12-18)17(22)21-16-6-2-1-5-15(16)20/h1-2,5-10H,3-4,11-12H2,(H,21,22). The van der Waals surface area contributed by atoms with E-state index in [1.54, 1.807) is 30.3 Å². The van der Waals surface area contributed by atoms with Gasteiger partial charge in [-0.25, -0.2) is 8.78 Å². The maximum absolute atomic E-state index is 13.8. The predicted molar refractivity (Wildman–Crippen MR) is 81.6 cm³/mol. The Balaban J connectivity index is 1.92. The van der Waals surface area contributed by atoms with Gasteiger partial charge < -0.3 is 5.32 Å². The third kappa shape index (κ3) is 2.61. The molecule has 1 aliphatic carbocycles. The lowest BCUT2D eigenvalue weighted by atomic mass is 9.78. The average Bonchev–Trinajstić information content (AvgIpc) is 3.01. The molecular weight excluding hydrogens is 284 g/mol. The van der Waals surface area contributed by atoms with E-state index in [1.807, 2.05) is 0 Å². The first-order valence-corrected chi connectivity index (χ1v) is 7.44. The SMILES string of the molecule is O=C(Nc1ccccc1F)C1(c2ccc(F)cc2)CCCC1. The van der Waals surface area contributed by atoms with Crippen LogP contribution in [0.3, 0.4) is 0 Å². The van der Waals surface area contributed by atoms with Crippen molar-refractivity contribution in [3.8, 4) is 0 Å². The summed E-state index contributed by atoms with van der Waals surface area (Å²) in [6.45, 7) is 0. The number of anilines is 1. The van der Waals surface area contributed by atoms with Crippen LogP contribution in [0.5, 0.6) is 0 Å². The minimum Gasteiger partial charge on any atom is -0.323 e. The van der Waals surface area contributed by atoms with Crippen molar-refractivity contribution in [2.75, 3.05) is 5.32 Å². The molecule has 0 bridgehead atoms. The van der Waals surface area contributed by atoms with E-state index in [0.717, 1.165) is 18.4 Å². The van der Waals surface area contributed by atoms with Crippen molar-refractivity contribution in [3.05, 3.63) is 65.7 Å². The predicted octanol–water partition coefficient (Wildman–Crippen LogP) is 4.42. The van der Waals surface area contributed by atoms with Crippen LogP contribution in [0.4, 0.5) is 14.5 Å². The van der Waals surface area contributed by atoms with Crippen LogP contribution in [0.1, 0.15) is 31.2 Å². The molecular formula is C18H17F2NO. The third-order valence-electron chi connectivity index (χ3n) is 4.41. The number of benzene rings is 2. The molecule has 2 nitrogen and oxygen atoms in total. The lowest BCUT2D eigenvalue weighted by Crippen LogP contribution is -2.38. The summed E-state index contributed by atoms with van der Waals surface area (Å²) in [6.07, 6.45) is 3.25. The van der Waals surface area contributed by atoms with Gasteiger partial charge in [0.05, 0.1) is 11.1 Å². The molecule has 0 aliphatic heterocycles. The van der Waals surface area contributed by atoms with Crippen molar-refractivity contribution >= 4 is 11.6 Å². The number of rotatable bonds is 3. The highest BCUT2D eigenvalue weighted by Gasteiger charge is 2.42. The topological polar surface area (TPSA) is 29.1 Å². The highest BCUT2D eigenvalue weighted by Crippen LogP contribution is 2.42. The molecule has 4 heteroatoms. The molecule has 0 aromatic heterocycles. The largest absolute Gasteiger partial charge is 0.323 e. The Labute approximate surface area is 128 Å². The summed E-state index contributed by atoms with van der Waals surface area (Å²) in [5, 5.41) is 2.70. The maximum Gasteiger partial charge on any atom is 0.235 e. The van der Waals surface area contributed by atoms with Crippen molar-refractivity contribution in [2.45, 2.75) is 31.1 Å². The fourth-order valence-corrected chi connectivity index (χ4v) is 3.20. The Bertz CT molecular complexity index is 676. The number of carbonyl (C=O) groups is 1. The molecule has 0 radical (unpaired) electrons. The second-order valence-electron chi connectivity index (χ2n) is 5.73. The van der Waals surface area contributed by atoms with Gasteiger partial charge in [-0.1, -0.05) is 37.1 Å². The normalized spacial score (nSPS) is 16.5. The number of hydrogen-bond donors (Lipinski definition) is 1. The van der Waals surface area contributed by atoms with Gasteiger partial charge in [-0.2, -0.15) is 0 Å². The molecule has 3 rings (SSSR count). The second kappa shape index (κ2) is 5.87. The Kier molecular flexibility index (Phi) is 3.92. The quantitative estimate of drug-likeness (QED) is 0.893. The fraction of sp³-hybridized carbons (Fsp3) is 0.278. The van der Waals surface area contributed by atoms with Gasteiger partial charge in [0.25, 0.3) is 0 Å². The lowest BCUT2D eigenvalue weighted by Gasteiger charge is -2.28. The summed E-state index contributed by atoms with van der Waals surface area (Å²) in [5.41, 5.74) is 0.275. The van der Waals surface area contributed by atoms with Gasteiger partial charge in [-0.3, -0.25) is 4.79 Å². The zero-order chi connectivity index (χ0) is 15.6. The molecule has 22 heavy (non-hydrogen) atoms. The van der Waals surface area contributed by atoms with Gasteiger partial charge in [0.15, 0.2) is 0 Å². The summed E-state index contributed by atoms with van der Waals surface area (Å²) in [7, 11) is 0. The van der Waals surface area contributed by atoms with E-state index < -0.39 is 11.2 Å². The van der Waals surface area contributed by atoms with Crippen LogP contribution in [0.15, 0.2) is 48.5 Å². The van der Waals surface area contributed by atoms with Crippen LogP contribution >= 0.6 is 0 Å². The van der Waals surface area contributed by atoms with Gasteiger partial charge in [-0.15, -0.1) is 0 Å². The second-order valence-corrected chi connectivity index (χ2v) is 5.73. The van der Waals surface area contributed by atoms with E-state index in [-0.39, 0.29) is 17.4 Å². The summed E-state index contributed by atoms with van der Waals surface area (Å²) in [6, 6.07) is 12.2. The van der Waals surface area contributed by atoms with Crippen molar-refractivity contribution < 1.29 is 13.6 Å². The van der Waals surface area contributed by atoms with Crippen LogP contribution in [0.2, 0.25) is 0 Å². The number of hydrogen-bond acceptors (Lipinski definition) is 1. The molecule has 1 N–H and O–H groups in total. The number of halogens is 2. The van der Waals surface area contributed by atoms with Gasteiger partial charge >= 0.3 is 0 Å². The molecule has 1 saturated carbocycles. The van der Waals surface area contributed by atoms with Gasteiger partial charge in [0, 0.05) is 0 Å². The first-order valence-electron chi connectivity index (χ1n) is 7.44. The summed E-state index contributed by atoms with van der Waals surface area (Å²) < 4.78 is 26.9. The molecule has 0 saturated heterocycles. The summed E-state index contributed by atoms with van der Waals surface area (Å²) >= 11 is 0. The Morgan fingerprint density at radius 3 is 2.23 bits per heavy atom. The van der Waals surface area contributed by atoms with E-state index in [2.05, 4.69) is 5.32 Å². The first kappa shape index (κ1) is 14.7. The molecule has 1 amide bonds. The molecule has 0 atom stereocenters. The highest BCUT2D eigenvalue weighted by molar-refractivity contribution is 5.99. The van der Waals surface area contributed by atoms with E-state index in [4.69, 9.17) is 0 Å². The third-order valence-corrected chi connectivity index (χ3v) is 4.41. The molecule has 1 fully saturated rings. The number of carbonyl (C=O) groups excluding carboxylic acids is 1. The zero-order valence-electron chi connectivity index (χ0n) is 12.1. The minimum atomic E-state index is -0.698. The maximum atomic E-state index is 13.8. The number of nitrogens with one attached hydrogen (secondary N) is 1. The van der Waals surface area contributed by atoms with E-state index in [0.29, 0.717) is 12.8 Å². The molecule has 0 unspecified atom stereocenters. The van der Waals surface area contributed by atoms with Crippen LogP contribution in [-0.4, -0.2) is 5.91 Å². The Morgan fingerprint density at radius 2 is 1.59 bits per heavy atom. The Hall–Kier alpha value is -2.23.